The number of fused-ring (bicyclic) bond motifs is 1. The van der Waals surface area contributed by atoms with Gasteiger partial charge >= 0.3 is 0 Å². The number of rotatable bonds is 8. The summed E-state index contributed by atoms with van der Waals surface area (Å²) in [5, 5.41) is 10.2. The molecule has 0 saturated heterocycles. The van der Waals surface area contributed by atoms with Gasteiger partial charge in [0.2, 0.25) is 0 Å². The third-order valence-corrected chi connectivity index (χ3v) is 7.28. The van der Waals surface area contributed by atoms with Crippen molar-refractivity contribution in [2.75, 3.05) is 6.54 Å². The van der Waals surface area contributed by atoms with E-state index in [0.29, 0.717) is 6.04 Å². The summed E-state index contributed by atoms with van der Waals surface area (Å²) in [5.74, 6) is 4.87. The molecule has 1 fully saturated rings. The summed E-state index contributed by atoms with van der Waals surface area (Å²) < 4.78 is 0. The molecule has 2 aromatic carbocycles. The van der Waals surface area contributed by atoms with E-state index >= 15 is 0 Å². The third kappa shape index (κ3) is 4.68. The van der Waals surface area contributed by atoms with Crippen molar-refractivity contribution in [1.29, 1.82) is 0 Å². The van der Waals surface area contributed by atoms with E-state index in [4.69, 9.17) is 5.21 Å². The van der Waals surface area contributed by atoms with E-state index in [-0.39, 0.29) is 5.92 Å². The van der Waals surface area contributed by atoms with Crippen LogP contribution >= 0.6 is 0 Å². The van der Waals surface area contributed by atoms with Crippen molar-refractivity contribution in [3.8, 4) is 11.8 Å². The summed E-state index contributed by atoms with van der Waals surface area (Å²) in [6, 6.07) is 17.7. The maximum Gasteiger partial charge on any atom is 0.260 e. The molecule has 1 aromatic heterocycles. The predicted molar refractivity (Wildman–Crippen MR) is 130 cm³/mol. The predicted octanol–water partition coefficient (Wildman–Crippen LogP) is 4.77. The van der Waals surface area contributed by atoms with Crippen LogP contribution in [0, 0.1) is 17.8 Å². The van der Waals surface area contributed by atoms with Gasteiger partial charge in [-0.25, -0.2) is 5.48 Å². The molecule has 2 aliphatic rings. The molecule has 3 aromatic rings. The third-order valence-electron chi connectivity index (χ3n) is 7.28. The Bertz CT molecular complexity index is 1170. The quantitative estimate of drug-likeness (QED) is 0.268. The maximum absolute atomic E-state index is 11.7. The zero-order chi connectivity index (χ0) is 22.6. The molecule has 33 heavy (non-hydrogen) atoms. The SMILES string of the molecule is O=C(NO)C1C#CC1c1ccc(CN(CCc2c[nH]c3ccccc23)C2CCCCC2)cc1. The minimum Gasteiger partial charge on any atom is -0.361 e. The first-order valence-corrected chi connectivity index (χ1v) is 12.1. The summed E-state index contributed by atoms with van der Waals surface area (Å²) in [6.07, 6.45) is 9.75. The highest BCUT2D eigenvalue weighted by molar-refractivity contribution is 5.84. The largest absolute Gasteiger partial charge is 0.361 e. The lowest BCUT2D eigenvalue weighted by Crippen LogP contribution is -2.37. The number of nitrogens with one attached hydrogen (secondary N) is 2. The number of carbonyl (C=O) groups is 1. The standard InChI is InChI=1S/C28H31N3O2/c32-28(30-33)26-15-14-24(26)21-12-10-20(11-13-21)19-31(23-6-2-1-3-7-23)17-16-22-18-29-27-9-5-4-8-25(22)27/h4-5,8-13,18,23-24,26,29,33H,1-3,6-7,16-17,19H2,(H,30,32). The van der Waals surface area contributed by atoms with Gasteiger partial charge in [0.1, 0.15) is 5.92 Å². The van der Waals surface area contributed by atoms with Crippen LogP contribution in [0.25, 0.3) is 10.9 Å². The van der Waals surface area contributed by atoms with Crippen molar-refractivity contribution in [1.82, 2.24) is 15.4 Å². The normalized spacial score (nSPS) is 20.3. The van der Waals surface area contributed by atoms with Crippen LogP contribution in [0.1, 0.15) is 54.7 Å². The van der Waals surface area contributed by atoms with Crippen LogP contribution in [0.4, 0.5) is 0 Å². The summed E-state index contributed by atoms with van der Waals surface area (Å²) in [5.41, 5.74) is 6.65. The van der Waals surface area contributed by atoms with Crippen LogP contribution in [0.3, 0.4) is 0 Å². The van der Waals surface area contributed by atoms with Crippen molar-refractivity contribution in [3.63, 3.8) is 0 Å². The van der Waals surface area contributed by atoms with Gasteiger partial charge in [-0.2, -0.15) is 0 Å². The van der Waals surface area contributed by atoms with Crippen molar-refractivity contribution >= 4 is 16.8 Å². The van der Waals surface area contributed by atoms with E-state index in [9.17, 15) is 4.79 Å². The zero-order valence-electron chi connectivity index (χ0n) is 18.9. The molecule has 2 unspecified atom stereocenters. The topological polar surface area (TPSA) is 68.4 Å². The molecule has 5 nitrogen and oxygen atoms in total. The Balaban J connectivity index is 1.28. The molecular weight excluding hydrogens is 410 g/mol. The second-order valence-electron chi connectivity index (χ2n) is 9.33. The van der Waals surface area contributed by atoms with Gasteiger partial charge in [-0.1, -0.05) is 73.6 Å². The fraction of sp³-hybridized carbons (Fsp3) is 0.393. The Morgan fingerprint density at radius 2 is 1.85 bits per heavy atom. The van der Waals surface area contributed by atoms with E-state index in [0.717, 1.165) is 25.1 Å². The van der Waals surface area contributed by atoms with Gasteiger partial charge < -0.3 is 4.98 Å². The molecule has 1 heterocycles. The van der Waals surface area contributed by atoms with Crippen LogP contribution in [0.5, 0.6) is 0 Å². The summed E-state index contributed by atoms with van der Waals surface area (Å²) >= 11 is 0. The molecule has 1 amide bonds. The lowest BCUT2D eigenvalue weighted by molar-refractivity contribution is -0.132. The number of amides is 1. The molecular formula is C28H31N3O2. The average Bonchev–Trinajstić information content (AvgIpc) is 3.25. The van der Waals surface area contributed by atoms with Crippen LogP contribution in [0.15, 0.2) is 54.7 Å². The van der Waals surface area contributed by atoms with Crippen molar-refractivity contribution in [2.45, 2.75) is 57.0 Å². The number of hydroxylamine groups is 1. The van der Waals surface area contributed by atoms with E-state index in [1.807, 2.05) is 0 Å². The number of aromatic amines is 1. The van der Waals surface area contributed by atoms with Gasteiger partial charge in [0.15, 0.2) is 0 Å². The molecule has 3 N–H and O–H groups in total. The Kier molecular flexibility index (Phi) is 6.48. The van der Waals surface area contributed by atoms with E-state index in [2.05, 4.69) is 76.5 Å². The number of nitrogens with zero attached hydrogens (tertiary/aromatic N) is 1. The van der Waals surface area contributed by atoms with Crippen LogP contribution in [-0.4, -0.2) is 33.6 Å². The lowest BCUT2D eigenvalue weighted by Gasteiger charge is -2.34. The molecule has 2 atom stereocenters. The monoisotopic (exact) mass is 441 g/mol. The first-order chi connectivity index (χ1) is 16.2. The van der Waals surface area contributed by atoms with Crippen molar-refractivity contribution in [2.24, 2.45) is 5.92 Å². The summed E-state index contributed by atoms with van der Waals surface area (Å²) in [6.45, 7) is 1.98. The molecule has 1 saturated carbocycles. The number of H-pyrrole nitrogens is 1. The van der Waals surface area contributed by atoms with Crippen LogP contribution in [-0.2, 0) is 17.8 Å². The molecule has 2 aliphatic carbocycles. The van der Waals surface area contributed by atoms with Crippen LogP contribution in [0.2, 0.25) is 0 Å². The van der Waals surface area contributed by atoms with Crippen molar-refractivity contribution in [3.05, 3.63) is 71.4 Å². The van der Waals surface area contributed by atoms with Gasteiger partial charge in [-0.05, 0) is 42.0 Å². The fourth-order valence-corrected chi connectivity index (χ4v) is 5.32. The number of benzene rings is 2. The minimum absolute atomic E-state index is 0.137. The smallest absolute Gasteiger partial charge is 0.260 e. The van der Waals surface area contributed by atoms with Crippen molar-refractivity contribution < 1.29 is 10.0 Å². The number of hydrogen-bond donors (Lipinski definition) is 3. The molecule has 170 valence electrons. The lowest BCUT2D eigenvalue weighted by atomic mass is 9.79. The Morgan fingerprint density at radius 3 is 2.58 bits per heavy atom. The minimum atomic E-state index is -0.462. The maximum atomic E-state index is 11.7. The van der Waals surface area contributed by atoms with Gasteiger partial charge in [0.25, 0.3) is 5.91 Å². The Morgan fingerprint density at radius 1 is 1.06 bits per heavy atom. The molecule has 0 aliphatic heterocycles. The highest BCUT2D eigenvalue weighted by Gasteiger charge is 2.32. The zero-order valence-corrected chi connectivity index (χ0v) is 18.9. The van der Waals surface area contributed by atoms with Gasteiger partial charge in [-0.3, -0.25) is 14.9 Å². The summed E-state index contributed by atoms with van der Waals surface area (Å²) in [4.78, 5) is 17.8. The highest BCUT2D eigenvalue weighted by Crippen LogP contribution is 2.31. The van der Waals surface area contributed by atoms with E-state index in [1.165, 1.54) is 54.1 Å². The Hall–Kier alpha value is -3.07. The second kappa shape index (κ2) is 9.82. The molecule has 5 heteroatoms. The first-order valence-electron chi connectivity index (χ1n) is 12.1. The van der Waals surface area contributed by atoms with Crippen LogP contribution < -0.4 is 5.48 Å². The molecule has 0 spiro atoms. The van der Waals surface area contributed by atoms with Gasteiger partial charge in [0.05, 0.1) is 5.92 Å². The van der Waals surface area contributed by atoms with Gasteiger partial charge in [0, 0.05) is 36.2 Å². The molecule has 0 bridgehead atoms. The first kappa shape index (κ1) is 21.8. The number of hydrogen-bond acceptors (Lipinski definition) is 3. The molecule has 5 rings (SSSR count). The number of carbonyl (C=O) groups excluding carboxylic acids is 1. The second-order valence-corrected chi connectivity index (χ2v) is 9.33. The fourth-order valence-electron chi connectivity index (χ4n) is 5.32. The summed E-state index contributed by atoms with van der Waals surface area (Å²) in [7, 11) is 0. The number of para-hydroxylation sites is 1. The number of aromatic nitrogens is 1. The average molecular weight is 442 g/mol. The Labute approximate surface area is 195 Å². The highest BCUT2D eigenvalue weighted by atomic mass is 16.5. The van der Waals surface area contributed by atoms with E-state index < -0.39 is 11.8 Å². The van der Waals surface area contributed by atoms with Gasteiger partial charge in [-0.15, -0.1) is 0 Å². The molecule has 0 radical (unpaired) electrons. The van der Waals surface area contributed by atoms with E-state index in [1.54, 1.807) is 5.48 Å².